The number of fused-ring (bicyclic) bond motifs is 2. The largest absolute Gasteiger partial charge is 0.366 e. The lowest BCUT2D eigenvalue weighted by molar-refractivity contribution is 0.100. The van der Waals surface area contributed by atoms with Gasteiger partial charge in [0.25, 0.3) is 5.91 Å². The molecule has 5 rings (SSSR count). The minimum atomic E-state index is -0.477. The number of carbonyl (C=O) groups excluding carboxylic acids is 1. The van der Waals surface area contributed by atoms with E-state index in [0.29, 0.717) is 22.4 Å². The van der Waals surface area contributed by atoms with E-state index in [0.717, 1.165) is 36.2 Å². The number of imidazole rings is 1. The third kappa shape index (κ3) is 2.91. The van der Waals surface area contributed by atoms with Gasteiger partial charge in [0, 0.05) is 11.3 Å². The van der Waals surface area contributed by atoms with E-state index in [2.05, 4.69) is 25.8 Å². The van der Waals surface area contributed by atoms with Crippen molar-refractivity contribution in [2.24, 2.45) is 11.1 Å². The first-order valence-corrected chi connectivity index (χ1v) is 10.3. The fraction of sp³-hybridized carbons (Fsp3) is 0.292. The molecule has 1 amide bonds. The Hall–Kier alpha value is -3.41. The van der Waals surface area contributed by atoms with Gasteiger partial charge in [-0.1, -0.05) is 44.2 Å². The van der Waals surface area contributed by atoms with Gasteiger partial charge in [0.2, 0.25) is 0 Å². The third-order valence-corrected chi connectivity index (χ3v) is 6.15. The van der Waals surface area contributed by atoms with Gasteiger partial charge in [-0.15, -0.1) is 0 Å². The first kappa shape index (κ1) is 18.6. The molecule has 0 bridgehead atoms. The Morgan fingerprint density at radius 2 is 1.93 bits per heavy atom. The van der Waals surface area contributed by atoms with Crippen LogP contribution in [-0.4, -0.2) is 25.7 Å². The normalized spacial score (nSPS) is 15.3. The molecular weight excluding hydrogens is 374 g/mol. The number of nitrogens with zero attached hydrogens (tertiary/aromatic N) is 3. The molecule has 2 aromatic carbocycles. The summed E-state index contributed by atoms with van der Waals surface area (Å²) in [6.07, 6.45) is 3.15. The molecule has 0 unspecified atom stereocenters. The molecule has 0 saturated carbocycles. The zero-order valence-electron chi connectivity index (χ0n) is 17.5. The Kier molecular flexibility index (Phi) is 4.07. The smallest absolute Gasteiger partial charge is 0.250 e. The van der Waals surface area contributed by atoms with Crippen molar-refractivity contribution >= 4 is 16.9 Å². The number of H-pyrrole nitrogens is 1. The molecule has 2 aromatic heterocycles. The molecule has 0 saturated heterocycles. The summed E-state index contributed by atoms with van der Waals surface area (Å²) in [7, 11) is 0. The second kappa shape index (κ2) is 6.55. The molecular formula is C24H25N5O. The van der Waals surface area contributed by atoms with Crippen molar-refractivity contribution in [1.29, 1.82) is 0 Å². The molecule has 0 fully saturated rings. The van der Waals surface area contributed by atoms with Crippen LogP contribution in [0.5, 0.6) is 0 Å². The lowest BCUT2D eigenvalue weighted by Gasteiger charge is -2.30. The van der Waals surface area contributed by atoms with E-state index in [9.17, 15) is 4.79 Å². The molecule has 2 heterocycles. The molecule has 1 aliphatic rings. The zero-order valence-corrected chi connectivity index (χ0v) is 17.5. The molecule has 30 heavy (non-hydrogen) atoms. The number of benzene rings is 2. The van der Waals surface area contributed by atoms with E-state index >= 15 is 0 Å². The van der Waals surface area contributed by atoms with Gasteiger partial charge >= 0.3 is 0 Å². The number of hydrogen-bond acceptors (Lipinski definition) is 3. The van der Waals surface area contributed by atoms with E-state index in [1.807, 2.05) is 41.1 Å². The second-order valence-electron chi connectivity index (χ2n) is 8.93. The number of nitrogens with one attached hydrogen (secondary N) is 1. The summed E-state index contributed by atoms with van der Waals surface area (Å²) >= 11 is 0. The number of aryl methyl sites for hydroxylation is 1. The minimum absolute atomic E-state index is 0.226. The van der Waals surface area contributed by atoms with Crippen molar-refractivity contribution in [3.8, 4) is 17.1 Å². The highest BCUT2D eigenvalue weighted by molar-refractivity contribution is 6.06. The Morgan fingerprint density at radius 3 is 2.67 bits per heavy atom. The fourth-order valence-corrected chi connectivity index (χ4v) is 4.51. The Morgan fingerprint density at radius 1 is 1.17 bits per heavy atom. The van der Waals surface area contributed by atoms with Crippen LogP contribution >= 0.6 is 0 Å². The molecule has 0 radical (unpaired) electrons. The van der Waals surface area contributed by atoms with Crippen LogP contribution in [0.15, 0.2) is 42.5 Å². The van der Waals surface area contributed by atoms with E-state index < -0.39 is 5.91 Å². The quantitative estimate of drug-likeness (QED) is 0.537. The first-order valence-electron chi connectivity index (χ1n) is 10.3. The topological polar surface area (TPSA) is 89.6 Å². The maximum Gasteiger partial charge on any atom is 0.250 e. The Labute approximate surface area is 175 Å². The number of rotatable bonds is 3. The van der Waals surface area contributed by atoms with Gasteiger partial charge in [0.15, 0.2) is 0 Å². The first-order chi connectivity index (χ1) is 14.3. The van der Waals surface area contributed by atoms with E-state index in [1.54, 1.807) is 6.07 Å². The maximum absolute atomic E-state index is 12.1. The second-order valence-corrected chi connectivity index (χ2v) is 8.93. The van der Waals surface area contributed by atoms with Crippen LogP contribution in [0.2, 0.25) is 0 Å². The predicted octanol–water partition coefficient (Wildman–Crippen LogP) is 4.34. The van der Waals surface area contributed by atoms with Crippen molar-refractivity contribution in [2.45, 2.75) is 40.0 Å². The summed E-state index contributed by atoms with van der Waals surface area (Å²) in [4.78, 5) is 20.3. The SMILES string of the molecule is Cc1nn(-c2ccc(C(N)=O)c3[nH]c(-c4ccccc4)nc23)c2c1CCC(C)(C)C2. The third-order valence-electron chi connectivity index (χ3n) is 6.15. The van der Waals surface area contributed by atoms with Gasteiger partial charge in [-0.05, 0) is 49.3 Å². The van der Waals surface area contributed by atoms with Gasteiger partial charge < -0.3 is 10.7 Å². The highest BCUT2D eigenvalue weighted by Gasteiger charge is 2.31. The van der Waals surface area contributed by atoms with Crippen LogP contribution in [-0.2, 0) is 12.8 Å². The molecule has 3 N–H and O–H groups in total. The summed E-state index contributed by atoms with van der Waals surface area (Å²) in [6.45, 7) is 6.68. The molecule has 0 atom stereocenters. The van der Waals surface area contributed by atoms with Crippen LogP contribution in [0.1, 0.15) is 47.6 Å². The highest BCUT2D eigenvalue weighted by atomic mass is 16.1. The number of aromatic amines is 1. The average molecular weight is 399 g/mol. The highest BCUT2D eigenvalue weighted by Crippen LogP contribution is 2.38. The number of amides is 1. The van der Waals surface area contributed by atoms with Gasteiger partial charge in [-0.25, -0.2) is 9.67 Å². The molecule has 6 nitrogen and oxygen atoms in total. The van der Waals surface area contributed by atoms with Crippen molar-refractivity contribution in [3.63, 3.8) is 0 Å². The summed E-state index contributed by atoms with van der Waals surface area (Å²) in [5, 5.41) is 4.88. The van der Waals surface area contributed by atoms with Crippen LogP contribution < -0.4 is 5.73 Å². The Balaban J connectivity index is 1.77. The molecule has 0 aliphatic heterocycles. The summed E-state index contributed by atoms with van der Waals surface area (Å²) in [5.41, 5.74) is 13.1. The van der Waals surface area contributed by atoms with Crippen LogP contribution in [0, 0.1) is 12.3 Å². The summed E-state index contributed by atoms with van der Waals surface area (Å²) in [5.74, 6) is 0.230. The van der Waals surface area contributed by atoms with Gasteiger partial charge in [0.1, 0.15) is 11.3 Å². The van der Waals surface area contributed by atoms with Crippen molar-refractivity contribution < 1.29 is 4.79 Å². The van der Waals surface area contributed by atoms with E-state index in [4.69, 9.17) is 15.8 Å². The Bertz CT molecular complexity index is 1280. The van der Waals surface area contributed by atoms with Crippen molar-refractivity contribution in [1.82, 2.24) is 19.7 Å². The summed E-state index contributed by atoms with van der Waals surface area (Å²) in [6, 6.07) is 13.6. The number of carbonyl (C=O) groups is 1. The van der Waals surface area contributed by atoms with Crippen LogP contribution in [0.4, 0.5) is 0 Å². The molecule has 0 spiro atoms. The fourth-order valence-electron chi connectivity index (χ4n) is 4.51. The van der Waals surface area contributed by atoms with Crippen LogP contribution in [0.25, 0.3) is 28.1 Å². The van der Waals surface area contributed by atoms with Crippen LogP contribution in [0.3, 0.4) is 0 Å². The lowest BCUT2D eigenvalue weighted by Crippen LogP contribution is -2.24. The van der Waals surface area contributed by atoms with Crippen molar-refractivity contribution in [2.75, 3.05) is 0 Å². The monoisotopic (exact) mass is 399 g/mol. The standard InChI is InChI=1S/C24H25N5O/c1-14-16-11-12-24(2,3)13-19(16)29(28-14)18-10-9-17(22(25)30)20-21(18)27-23(26-20)15-7-5-4-6-8-15/h4-10H,11-13H2,1-3H3,(H2,25,30)(H,26,27). The number of nitrogens with two attached hydrogens (primary N) is 1. The summed E-state index contributed by atoms with van der Waals surface area (Å²) < 4.78 is 2.02. The number of hydrogen-bond donors (Lipinski definition) is 2. The average Bonchev–Trinajstić information content (AvgIpc) is 3.28. The molecule has 4 aromatic rings. The van der Waals surface area contributed by atoms with Crippen molar-refractivity contribution in [3.05, 3.63) is 65.0 Å². The zero-order chi connectivity index (χ0) is 21.0. The number of primary amides is 1. The minimum Gasteiger partial charge on any atom is -0.366 e. The van der Waals surface area contributed by atoms with Gasteiger partial charge in [-0.3, -0.25) is 4.79 Å². The van der Waals surface area contributed by atoms with Gasteiger partial charge in [0.05, 0.1) is 22.5 Å². The number of aromatic nitrogens is 4. The van der Waals surface area contributed by atoms with E-state index in [-0.39, 0.29) is 5.41 Å². The molecule has 6 heteroatoms. The maximum atomic E-state index is 12.1. The molecule has 152 valence electrons. The predicted molar refractivity (Wildman–Crippen MR) is 118 cm³/mol. The van der Waals surface area contributed by atoms with Gasteiger partial charge in [-0.2, -0.15) is 5.10 Å². The van der Waals surface area contributed by atoms with E-state index in [1.165, 1.54) is 11.3 Å². The lowest BCUT2D eigenvalue weighted by atomic mass is 9.76. The molecule has 1 aliphatic carbocycles.